The van der Waals surface area contributed by atoms with Crippen LogP contribution in [0.4, 0.5) is 5.69 Å². The molecule has 0 saturated carbocycles. The van der Waals surface area contributed by atoms with Gasteiger partial charge in [0.05, 0.1) is 6.54 Å². The lowest BCUT2D eigenvalue weighted by Crippen LogP contribution is -2.31. The van der Waals surface area contributed by atoms with E-state index in [1.807, 2.05) is 36.0 Å². The predicted molar refractivity (Wildman–Crippen MR) is 83.2 cm³/mol. The van der Waals surface area contributed by atoms with Crippen molar-refractivity contribution in [2.45, 2.75) is 6.92 Å². The molecular weight excluding hydrogens is 312 g/mol. The summed E-state index contributed by atoms with van der Waals surface area (Å²) in [5, 5.41) is 6.01. The van der Waals surface area contributed by atoms with E-state index in [0.717, 1.165) is 22.5 Å². The van der Waals surface area contributed by atoms with Crippen molar-refractivity contribution < 1.29 is 4.79 Å². The van der Waals surface area contributed by atoms with E-state index in [1.165, 1.54) is 0 Å². The minimum atomic E-state index is -0.00586. The van der Waals surface area contributed by atoms with E-state index in [-0.39, 0.29) is 5.91 Å². The van der Waals surface area contributed by atoms with Gasteiger partial charge in [-0.05, 0) is 48.7 Å². The number of benzene rings is 1. The maximum Gasteiger partial charge on any atom is 0.238 e. The number of hydrogen-bond donors (Lipinski definition) is 2. The molecule has 0 saturated heterocycles. The molecule has 1 rings (SSSR count). The van der Waals surface area contributed by atoms with Crippen LogP contribution >= 0.6 is 27.7 Å². The first kappa shape index (κ1) is 15.5. The van der Waals surface area contributed by atoms with Crippen molar-refractivity contribution in [3.8, 4) is 0 Å². The van der Waals surface area contributed by atoms with Gasteiger partial charge >= 0.3 is 0 Å². The molecule has 1 aromatic rings. The fourth-order valence-corrected chi connectivity index (χ4v) is 2.47. The van der Waals surface area contributed by atoms with Gasteiger partial charge in [-0.1, -0.05) is 22.9 Å². The Labute approximate surface area is 121 Å². The SMILES string of the molecule is CSCC(C)CNCC(=O)Nc1ccc(Br)cc1. The van der Waals surface area contributed by atoms with Crippen LogP contribution in [0.1, 0.15) is 6.92 Å². The van der Waals surface area contributed by atoms with Crippen molar-refractivity contribution in [2.75, 3.05) is 30.4 Å². The van der Waals surface area contributed by atoms with Gasteiger partial charge in [-0.25, -0.2) is 0 Å². The number of thioether (sulfide) groups is 1. The van der Waals surface area contributed by atoms with E-state index >= 15 is 0 Å². The summed E-state index contributed by atoms with van der Waals surface area (Å²) in [4.78, 5) is 11.6. The van der Waals surface area contributed by atoms with Crippen LogP contribution in [0.2, 0.25) is 0 Å². The van der Waals surface area contributed by atoms with Crippen molar-refractivity contribution in [1.29, 1.82) is 0 Å². The van der Waals surface area contributed by atoms with Gasteiger partial charge in [-0.2, -0.15) is 11.8 Å². The van der Waals surface area contributed by atoms with Crippen molar-refractivity contribution in [3.05, 3.63) is 28.7 Å². The van der Waals surface area contributed by atoms with E-state index in [9.17, 15) is 4.79 Å². The van der Waals surface area contributed by atoms with Crippen LogP contribution in [0, 0.1) is 5.92 Å². The number of halogens is 1. The maximum absolute atomic E-state index is 11.6. The lowest BCUT2D eigenvalue weighted by atomic mass is 10.2. The molecule has 0 bridgehead atoms. The second-order valence-electron chi connectivity index (χ2n) is 4.25. The van der Waals surface area contributed by atoms with Gasteiger partial charge in [0.1, 0.15) is 0 Å². The van der Waals surface area contributed by atoms with Gasteiger partial charge in [-0.15, -0.1) is 0 Å². The van der Waals surface area contributed by atoms with E-state index in [2.05, 4.69) is 39.7 Å². The van der Waals surface area contributed by atoms with Crippen molar-refractivity contribution >= 4 is 39.3 Å². The van der Waals surface area contributed by atoms with Crippen molar-refractivity contribution in [3.63, 3.8) is 0 Å². The number of nitrogens with one attached hydrogen (secondary N) is 2. The molecule has 100 valence electrons. The molecule has 0 aliphatic heterocycles. The fraction of sp³-hybridized carbons (Fsp3) is 0.462. The number of amides is 1. The van der Waals surface area contributed by atoms with Crippen LogP contribution in [-0.2, 0) is 4.79 Å². The zero-order chi connectivity index (χ0) is 13.4. The predicted octanol–water partition coefficient (Wildman–Crippen LogP) is 2.98. The third-order valence-corrected chi connectivity index (χ3v) is 3.79. The van der Waals surface area contributed by atoms with Gasteiger partial charge in [-0.3, -0.25) is 4.79 Å². The molecule has 0 radical (unpaired) electrons. The summed E-state index contributed by atoms with van der Waals surface area (Å²) in [6, 6.07) is 7.56. The summed E-state index contributed by atoms with van der Waals surface area (Å²) in [7, 11) is 0. The highest BCUT2D eigenvalue weighted by atomic mass is 79.9. The number of carbonyl (C=O) groups excluding carboxylic acids is 1. The minimum absolute atomic E-state index is 0.00586. The van der Waals surface area contributed by atoms with Crippen LogP contribution < -0.4 is 10.6 Å². The molecule has 0 fully saturated rings. The third-order valence-electron chi connectivity index (χ3n) is 2.36. The number of hydrogen-bond acceptors (Lipinski definition) is 3. The van der Waals surface area contributed by atoms with Gasteiger partial charge in [0.25, 0.3) is 0 Å². The molecule has 0 aromatic heterocycles. The highest BCUT2D eigenvalue weighted by molar-refractivity contribution is 9.10. The van der Waals surface area contributed by atoms with Gasteiger partial charge in [0.2, 0.25) is 5.91 Å². The normalized spacial score (nSPS) is 12.2. The Morgan fingerprint density at radius 2 is 2.06 bits per heavy atom. The summed E-state index contributed by atoms with van der Waals surface area (Å²) in [5.41, 5.74) is 0.821. The molecule has 1 atom stereocenters. The second-order valence-corrected chi connectivity index (χ2v) is 6.07. The fourth-order valence-electron chi connectivity index (χ4n) is 1.51. The highest BCUT2D eigenvalue weighted by Gasteiger charge is 2.04. The summed E-state index contributed by atoms with van der Waals surface area (Å²) in [6.07, 6.45) is 2.09. The first-order chi connectivity index (χ1) is 8.61. The van der Waals surface area contributed by atoms with Crippen molar-refractivity contribution in [2.24, 2.45) is 5.92 Å². The van der Waals surface area contributed by atoms with E-state index in [4.69, 9.17) is 0 Å². The first-order valence-corrected chi connectivity index (χ1v) is 8.05. The second kappa shape index (κ2) is 8.56. The highest BCUT2D eigenvalue weighted by Crippen LogP contribution is 2.13. The third kappa shape index (κ3) is 6.42. The van der Waals surface area contributed by atoms with Gasteiger partial charge < -0.3 is 10.6 Å². The quantitative estimate of drug-likeness (QED) is 0.807. The summed E-state index contributed by atoms with van der Waals surface area (Å²) in [6.45, 7) is 3.40. The summed E-state index contributed by atoms with van der Waals surface area (Å²) in [5.74, 6) is 1.69. The molecule has 0 aliphatic rings. The molecule has 3 nitrogen and oxygen atoms in total. The lowest BCUT2D eigenvalue weighted by molar-refractivity contribution is -0.115. The average molecular weight is 331 g/mol. The zero-order valence-electron chi connectivity index (χ0n) is 10.7. The van der Waals surface area contributed by atoms with E-state index in [1.54, 1.807) is 0 Å². The summed E-state index contributed by atoms with van der Waals surface area (Å²) < 4.78 is 1.00. The monoisotopic (exact) mass is 330 g/mol. The largest absolute Gasteiger partial charge is 0.325 e. The standard InChI is InChI=1S/C13H19BrN2OS/c1-10(9-18-2)7-15-8-13(17)16-12-5-3-11(14)4-6-12/h3-6,10,15H,7-9H2,1-2H3,(H,16,17). The molecule has 1 amide bonds. The average Bonchev–Trinajstić information content (AvgIpc) is 2.32. The van der Waals surface area contributed by atoms with Crippen LogP contribution in [0.3, 0.4) is 0 Å². The Bertz CT molecular complexity index is 370. The Balaban J connectivity index is 2.23. The van der Waals surface area contributed by atoms with E-state index < -0.39 is 0 Å². The molecule has 2 N–H and O–H groups in total. The molecule has 0 spiro atoms. The minimum Gasteiger partial charge on any atom is -0.325 e. The topological polar surface area (TPSA) is 41.1 Å². The zero-order valence-corrected chi connectivity index (χ0v) is 13.1. The van der Waals surface area contributed by atoms with Crippen LogP contribution in [0.25, 0.3) is 0 Å². The molecule has 1 aromatic carbocycles. The van der Waals surface area contributed by atoms with E-state index in [0.29, 0.717) is 12.5 Å². The summed E-state index contributed by atoms with van der Waals surface area (Å²) >= 11 is 5.18. The van der Waals surface area contributed by atoms with Crippen LogP contribution in [0.5, 0.6) is 0 Å². The Morgan fingerprint density at radius 1 is 1.39 bits per heavy atom. The Hall–Kier alpha value is -0.520. The van der Waals surface area contributed by atoms with Gasteiger partial charge in [0, 0.05) is 10.2 Å². The lowest BCUT2D eigenvalue weighted by Gasteiger charge is -2.11. The number of rotatable bonds is 7. The van der Waals surface area contributed by atoms with Crippen LogP contribution in [0.15, 0.2) is 28.7 Å². The van der Waals surface area contributed by atoms with Crippen LogP contribution in [-0.4, -0.2) is 31.0 Å². The molecule has 0 aliphatic carbocycles. The Kier molecular flexibility index (Phi) is 7.39. The number of carbonyl (C=O) groups is 1. The molecule has 0 heterocycles. The smallest absolute Gasteiger partial charge is 0.238 e. The molecule has 1 unspecified atom stereocenters. The molecule has 18 heavy (non-hydrogen) atoms. The molecule has 5 heteroatoms. The molecular formula is C13H19BrN2OS. The first-order valence-electron chi connectivity index (χ1n) is 5.87. The van der Waals surface area contributed by atoms with Gasteiger partial charge in [0.15, 0.2) is 0 Å². The maximum atomic E-state index is 11.6. The Morgan fingerprint density at radius 3 is 2.67 bits per heavy atom. The van der Waals surface area contributed by atoms with Crippen molar-refractivity contribution in [1.82, 2.24) is 5.32 Å². The number of anilines is 1.